The predicted molar refractivity (Wildman–Crippen MR) is 92.1 cm³/mol. The van der Waals surface area contributed by atoms with Gasteiger partial charge in [-0.05, 0) is 30.5 Å². The molecule has 2 N–H and O–H groups in total. The first-order valence-corrected chi connectivity index (χ1v) is 8.06. The van der Waals surface area contributed by atoms with Crippen LogP contribution in [0.5, 0.6) is 0 Å². The molecular formula is C17H13Cl2N3O. The van der Waals surface area contributed by atoms with Crippen LogP contribution in [0.4, 0.5) is 5.95 Å². The van der Waals surface area contributed by atoms with E-state index in [1.54, 1.807) is 12.1 Å². The van der Waals surface area contributed by atoms with Gasteiger partial charge >= 0.3 is 0 Å². The van der Waals surface area contributed by atoms with Crippen molar-refractivity contribution < 1.29 is 4.79 Å². The number of H-pyrrole nitrogens is 1. The number of carbonyl (C=O) groups is 1. The quantitative estimate of drug-likeness (QED) is 0.731. The van der Waals surface area contributed by atoms with Crippen LogP contribution in [0.3, 0.4) is 0 Å². The molecule has 0 saturated heterocycles. The first-order valence-electron chi connectivity index (χ1n) is 7.30. The van der Waals surface area contributed by atoms with Crippen LogP contribution < -0.4 is 5.32 Å². The fourth-order valence-corrected chi connectivity index (χ4v) is 3.14. The summed E-state index contributed by atoms with van der Waals surface area (Å²) in [5, 5.41) is 3.76. The highest BCUT2D eigenvalue weighted by Gasteiger charge is 2.51. The van der Waals surface area contributed by atoms with E-state index in [0.29, 0.717) is 21.5 Å². The lowest BCUT2D eigenvalue weighted by atomic mass is 9.95. The van der Waals surface area contributed by atoms with E-state index in [-0.39, 0.29) is 5.91 Å². The molecule has 1 aromatic heterocycles. The Bertz CT molecular complexity index is 862. The van der Waals surface area contributed by atoms with Crippen molar-refractivity contribution in [2.75, 3.05) is 5.32 Å². The van der Waals surface area contributed by atoms with Crippen LogP contribution in [0, 0.1) is 0 Å². The van der Waals surface area contributed by atoms with Gasteiger partial charge in [0.05, 0.1) is 26.5 Å². The van der Waals surface area contributed by atoms with E-state index in [1.165, 1.54) is 0 Å². The van der Waals surface area contributed by atoms with Gasteiger partial charge in [0.25, 0.3) is 0 Å². The third-order valence-electron chi connectivity index (χ3n) is 4.27. The minimum Gasteiger partial charge on any atom is -0.324 e. The third kappa shape index (κ3) is 2.48. The number of amides is 1. The highest BCUT2D eigenvalue weighted by atomic mass is 35.5. The number of imidazole rings is 1. The Morgan fingerprint density at radius 2 is 1.83 bits per heavy atom. The van der Waals surface area contributed by atoms with Crippen molar-refractivity contribution in [1.29, 1.82) is 0 Å². The molecule has 0 radical (unpaired) electrons. The van der Waals surface area contributed by atoms with Crippen LogP contribution in [0.15, 0.2) is 42.5 Å². The molecule has 1 heterocycles. The van der Waals surface area contributed by atoms with Crippen molar-refractivity contribution in [1.82, 2.24) is 9.97 Å². The summed E-state index contributed by atoms with van der Waals surface area (Å²) < 4.78 is 0. The number of benzene rings is 2. The monoisotopic (exact) mass is 345 g/mol. The zero-order valence-corrected chi connectivity index (χ0v) is 13.6. The van der Waals surface area contributed by atoms with Gasteiger partial charge in [-0.3, -0.25) is 10.1 Å². The lowest BCUT2D eigenvalue weighted by Crippen LogP contribution is -2.28. The van der Waals surface area contributed by atoms with E-state index < -0.39 is 5.41 Å². The number of hydrogen-bond acceptors (Lipinski definition) is 2. The van der Waals surface area contributed by atoms with Crippen molar-refractivity contribution in [2.24, 2.45) is 0 Å². The summed E-state index contributed by atoms with van der Waals surface area (Å²) in [5.41, 5.74) is 2.01. The highest BCUT2D eigenvalue weighted by molar-refractivity contribution is 6.42. The molecule has 1 aliphatic rings. The molecule has 23 heavy (non-hydrogen) atoms. The van der Waals surface area contributed by atoms with E-state index in [4.69, 9.17) is 23.2 Å². The molecule has 1 fully saturated rings. The second-order valence-corrected chi connectivity index (χ2v) is 6.59. The lowest BCUT2D eigenvalue weighted by molar-refractivity contribution is -0.118. The minimum atomic E-state index is -0.435. The van der Waals surface area contributed by atoms with Gasteiger partial charge in [0.1, 0.15) is 0 Å². The Morgan fingerprint density at radius 1 is 1.13 bits per heavy atom. The molecule has 0 unspecified atom stereocenters. The summed E-state index contributed by atoms with van der Waals surface area (Å²) in [5.74, 6) is 0.366. The Labute approximate surface area is 142 Å². The molecule has 1 amide bonds. The van der Waals surface area contributed by atoms with E-state index in [9.17, 15) is 4.79 Å². The summed E-state index contributed by atoms with van der Waals surface area (Å²) >= 11 is 12.0. The minimum absolute atomic E-state index is 0.0417. The normalized spacial score (nSPS) is 15.6. The summed E-state index contributed by atoms with van der Waals surface area (Å²) in [7, 11) is 0. The Morgan fingerprint density at radius 3 is 2.52 bits per heavy atom. The first kappa shape index (κ1) is 14.5. The molecule has 2 aromatic carbocycles. The van der Waals surface area contributed by atoms with Crippen LogP contribution in [-0.4, -0.2) is 15.9 Å². The molecule has 1 saturated carbocycles. The zero-order valence-electron chi connectivity index (χ0n) is 12.1. The van der Waals surface area contributed by atoms with Crippen molar-refractivity contribution in [3.63, 3.8) is 0 Å². The molecular weight excluding hydrogens is 333 g/mol. The van der Waals surface area contributed by atoms with Crippen molar-refractivity contribution in [3.8, 4) is 0 Å². The van der Waals surface area contributed by atoms with Crippen molar-refractivity contribution >= 4 is 46.1 Å². The Balaban J connectivity index is 1.62. The van der Waals surface area contributed by atoms with Gasteiger partial charge in [0.15, 0.2) is 0 Å². The maximum absolute atomic E-state index is 12.7. The molecule has 6 heteroatoms. The topological polar surface area (TPSA) is 57.8 Å². The second kappa shape index (κ2) is 5.25. The largest absolute Gasteiger partial charge is 0.324 e. The number of carbonyl (C=O) groups excluding carboxylic acids is 1. The second-order valence-electron chi connectivity index (χ2n) is 5.77. The molecule has 4 rings (SSSR count). The van der Waals surface area contributed by atoms with Gasteiger partial charge in [-0.25, -0.2) is 4.98 Å². The summed E-state index contributed by atoms with van der Waals surface area (Å²) in [4.78, 5) is 20.1. The summed E-state index contributed by atoms with van der Waals surface area (Å²) in [6, 6.07) is 13.2. The van der Waals surface area contributed by atoms with E-state index >= 15 is 0 Å². The molecule has 116 valence electrons. The number of halogens is 2. The van der Waals surface area contributed by atoms with E-state index in [0.717, 1.165) is 23.9 Å². The molecule has 4 nitrogen and oxygen atoms in total. The maximum Gasteiger partial charge on any atom is 0.237 e. The number of anilines is 1. The van der Waals surface area contributed by atoms with Crippen LogP contribution >= 0.6 is 23.2 Å². The summed E-state index contributed by atoms with van der Waals surface area (Å²) in [6.07, 6.45) is 1.70. The van der Waals surface area contributed by atoms with Crippen LogP contribution in [-0.2, 0) is 10.2 Å². The number of aromatic nitrogens is 2. The van der Waals surface area contributed by atoms with Gasteiger partial charge in [-0.1, -0.05) is 53.5 Å². The van der Waals surface area contributed by atoms with E-state index in [2.05, 4.69) is 15.3 Å². The Kier molecular flexibility index (Phi) is 3.32. The van der Waals surface area contributed by atoms with Crippen LogP contribution in [0.25, 0.3) is 11.0 Å². The van der Waals surface area contributed by atoms with Crippen molar-refractivity contribution in [2.45, 2.75) is 18.3 Å². The van der Waals surface area contributed by atoms with Gasteiger partial charge in [0.2, 0.25) is 11.9 Å². The Hall–Kier alpha value is -2.04. The molecule has 0 spiro atoms. The number of fused-ring (bicyclic) bond motifs is 1. The van der Waals surface area contributed by atoms with Crippen LogP contribution in [0.2, 0.25) is 10.0 Å². The number of hydrogen-bond donors (Lipinski definition) is 2. The van der Waals surface area contributed by atoms with E-state index in [1.807, 2.05) is 30.3 Å². The van der Waals surface area contributed by atoms with Crippen LogP contribution in [0.1, 0.15) is 18.4 Å². The standard InChI is InChI=1S/C17H13Cl2N3O/c18-11-8-13-14(9-12(11)19)21-16(20-13)22-15(23)17(6-7-17)10-4-2-1-3-5-10/h1-5,8-9H,6-7H2,(H2,20,21,22,23). The summed E-state index contributed by atoms with van der Waals surface area (Å²) in [6.45, 7) is 0. The average Bonchev–Trinajstić information content (AvgIpc) is 3.27. The number of rotatable bonds is 3. The fourth-order valence-electron chi connectivity index (χ4n) is 2.82. The first-order chi connectivity index (χ1) is 11.1. The third-order valence-corrected chi connectivity index (χ3v) is 4.99. The van der Waals surface area contributed by atoms with Gasteiger partial charge < -0.3 is 4.98 Å². The number of nitrogens with one attached hydrogen (secondary N) is 2. The average molecular weight is 346 g/mol. The highest BCUT2D eigenvalue weighted by Crippen LogP contribution is 2.48. The lowest BCUT2D eigenvalue weighted by Gasteiger charge is -2.14. The smallest absolute Gasteiger partial charge is 0.237 e. The molecule has 0 aliphatic heterocycles. The molecule has 1 aliphatic carbocycles. The van der Waals surface area contributed by atoms with Crippen molar-refractivity contribution in [3.05, 3.63) is 58.1 Å². The predicted octanol–water partition coefficient (Wildman–Crippen LogP) is 4.54. The van der Waals surface area contributed by atoms with Gasteiger partial charge in [0, 0.05) is 0 Å². The number of aromatic amines is 1. The van der Waals surface area contributed by atoms with Gasteiger partial charge in [-0.2, -0.15) is 0 Å². The molecule has 0 bridgehead atoms. The fraction of sp³-hybridized carbons (Fsp3) is 0.176. The molecule has 0 atom stereocenters. The maximum atomic E-state index is 12.7. The van der Waals surface area contributed by atoms with Gasteiger partial charge in [-0.15, -0.1) is 0 Å². The zero-order chi connectivity index (χ0) is 16.0. The number of nitrogens with zero attached hydrogens (tertiary/aromatic N) is 1. The SMILES string of the molecule is O=C(Nc1nc2cc(Cl)c(Cl)cc2[nH]1)C1(c2ccccc2)CC1. The molecule has 3 aromatic rings.